The number of aromatic nitrogens is 1. The number of esters is 1. The SMILES string of the molecule is CCOC(=O)Cn1cc(/C=N\NCc2ccccc2OC)c2ccccc21. The summed E-state index contributed by atoms with van der Waals surface area (Å²) in [4.78, 5) is 11.8. The molecule has 0 aliphatic heterocycles. The van der Waals surface area contributed by atoms with Gasteiger partial charge in [0.1, 0.15) is 12.3 Å². The number of benzene rings is 2. The fourth-order valence-corrected chi connectivity index (χ4v) is 2.95. The lowest BCUT2D eigenvalue weighted by molar-refractivity contribution is -0.143. The van der Waals surface area contributed by atoms with E-state index in [1.165, 1.54) is 0 Å². The molecular formula is C21H23N3O3. The maximum absolute atomic E-state index is 11.8. The average Bonchev–Trinajstić information content (AvgIpc) is 3.03. The third kappa shape index (κ3) is 4.47. The third-order valence-electron chi connectivity index (χ3n) is 4.18. The first kappa shape index (κ1) is 18.5. The largest absolute Gasteiger partial charge is 0.496 e. The zero-order valence-electron chi connectivity index (χ0n) is 15.5. The van der Waals surface area contributed by atoms with Gasteiger partial charge in [-0.3, -0.25) is 4.79 Å². The van der Waals surface area contributed by atoms with Crippen molar-refractivity contribution < 1.29 is 14.3 Å². The summed E-state index contributed by atoms with van der Waals surface area (Å²) in [6, 6.07) is 15.7. The summed E-state index contributed by atoms with van der Waals surface area (Å²) < 4.78 is 12.3. The molecule has 3 aromatic rings. The summed E-state index contributed by atoms with van der Waals surface area (Å²) in [6.45, 7) is 2.91. The maximum atomic E-state index is 11.8. The smallest absolute Gasteiger partial charge is 0.325 e. The first-order valence-electron chi connectivity index (χ1n) is 8.84. The van der Waals surface area contributed by atoms with Gasteiger partial charge in [-0.15, -0.1) is 0 Å². The van der Waals surface area contributed by atoms with Crippen LogP contribution in [0, 0.1) is 0 Å². The van der Waals surface area contributed by atoms with Crippen LogP contribution in [-0.2, 0) is 22.6 Å². The molecule has 0 fully saturated rings. The number of nitrogens with zero attached hydrogens (tertiary/aromatic N) is 2. The van der Waals surface area contributed by atoms with E-state index in [9.17, 15) is 4.79 Å². The molecule has 0 saturated carbocycles. The standard InChI is InChI=1S/C21H23N3O3/c1-3-27-21(25)15-24-14-17(18-9-5-6-10-19(18)24)13-23-22-12-16-8-4-7-11-20(16)26-2/h4-11,13-14,22H,3,12,15H2,1-2H3/b23-13-. The molecule has 27 heavy (non-hydrogen) atoms. The highest BCUT2D eigenvalue weighted by Crippen LogP contribution is 2.20. The van der Waals surface area contributed by atoms with Crippen molar-refractivity contribution in [2.45, 2.75) is 20.0 Å². The van der Waals surface area contributed by atoms with E-state index in [0.29, 0.717) is 13.2 Å². The molecule has 140 valence electrons. The fraction of sp³-hybridized carbons (Fsp3) is 0.238. The van der Waals surface area contributed by atoms with E-state index >= 15 is 0 Å². The van der Waals surface area contributed by atoms with Crippen LogP contribution in [0.3, 0.4) is 0 Å². The van der Waals surface area contributed by atoms with Crippen LogP contribution in [-0.4, -0.2) is 30.5 Å². The van der Waals surface area contributed by atoms with Crippen LogP contribution in [0.2, 0.25) is 0 Å². The molecular weight excluding hydrogens is 342 g/mol. The molecule has 1 heterocycles. The van der Waals surface area contributed by atoms with E-state index < -0.39 is 0 Å². The van der Waals surface area contributed by atoms with Gasteiger partial charge < -0.3 is 19.5 Å². The number of carbonyl (C=O) groups is 1. The van der Waals surface area contributed by atoms with Crippen molar-refractivity contribution in [3.05, 3.63) is 65.9 Å². The molecule has 0 bridgehead atoms. The quantitative estimate of drug-likeness (QED) is 0.378. The molecule has 0 atom stereocenters. The van der Waals surface area contributed by atoms with Crippen LogP contribution in [0.1, 0.15) is 18.1 Å². The Morgan fingerprint density at radius 1 is 1.19 bits per heavy atom. The maximum Gasteiger partial charge on any atom is 0.325 e. The van der Waals surface area contributed by atoms with Crippen molar-refractivity contribution in [3.63, 3.8) is 0 Å². The van der Waals surface area contributed by atoms with E-state index in [1.54, 1.807) is 20.2 Å². The van der Waals surface area contributed by atoms with Crippen molar-refractivity contribution in [2.75, 3.05) is 13.7 Å². The monoisotopic (exact) mass is 365 g/mol. The van der Waals surface area contributed by atoms with E-state index in [2.05, 4.69) is 10.5 Å². The minimum Gasteiger partial charge on any atom is -0.496 e. The molecule has 0 aliphatic rings. The van der Waals surface area contributed by atoms with Crippen LogP contribution in [0.15, 0.2) is 59.8 Å². The number of hydrogen-bond acceptors (Lipinski definition) is 5. The summed E-state index contributed by atoms with van der Waals surface area (Å²) >= 11 is 0. The predicted molar refractivity (Wildman–Crippen MR) is 106 cm³/mol. The highest BCUT2D eigenvalue weighted by Gasteiger charge is 2.10. The van der Waals surface area contributed by atoms with Crippen molar-refractivity contribution in [3.8, 4) is 5.75 Å². The van der Waals surface area contributed by atoms with Gasteiger partial charge in [-0.05, 0) is 19.1 Å². The van der Waals surface area contributed by atoms with Gasteiger partial charge in [-0.1, -0.05) is 36.4 Å². The Morgan fingerprint density at radius 2 is 1.96 bits per heavy atom. The van der Waals surface area contributed by atoms with Crippen molar-refractivity contribution in [2.24, 2.45) is 5.10 Å². The Labute approximate surface area is 158 Å². The van der Waals surface area contributed by atoms with Gasteiger partial charge in [-0.2, -0.15) is 5.10 Å². The second-order valence-electron chi connectivity index (χ2n) is 5.94. The van der Waals surface area contributed by atoms with Crippen molar-refractivity contribution >= 4 is 23.1 Å². The van der Waals surface area contributed by atoms with E-state index in [0.717, 1.165) is 27.8 Å². The van der Waals surface area contributed by atoms with Crippen LogP contribution in [0.25, 0.3) is 10.9 Å². The van der Waals surface area contributed by atoms with Crippen molar-refractivity contribution in [1.29, 1.82) is 0 Å². The number of hydrazone groups is 1. The first-order chi connectivity index (χ1) is 13.2. The van der Waals surface area contributed by atoms with E-state index in [-0.39, 0.29) is 12.5 Å². The van der Waals surface area contributed by atoms with Crippen LogP contribution < -0.4 is 10.2 Å². The summed E-state index contributed by atoms with van der Waals surface area (Å²) in [5.41, 5.74) is 5.98. The predicted octanol–water partition coefficient (Wildman–Crippen LogP) is 3.34. The third-order valence-corrected chi connectivity index (χ3v) is 4.18. The molecule has 2 aromatic carbocycles. The van der Waals surface area contributed by atoms with Gasteiger partial charge >= 0.3 is 5.97 Å². The second kappa shape index (κ2) is 8.89. The fourth-order valence-electron chi connectivity index (χ4n) is 2.95. The molecule has 1 N–H and O–H groups in total. The second-order valence-corrected chi connectivity index (χ2v) is 5.94. The number of nitrogens with one attached hydrogen (secondary N) is 1. The van der Waals surface area contributed by atoms with Gasteiger partial charge in [0.05, 0.1) is 26.5 Å². The van der Waals surface area contributed by atoms with Gasteiger partial charge in [-0.25, -0.2) is 0 Å². The molecule has 3 rings (SSSR count). The number of rotatable bonds is 8. The molecule has 0 saturated heterocycles. The Hall–Kier alpha value is -3.28. The number of carbonyl (C=O) groups excluding carboxylic acids is 1. The van der Waals surface area contributed by atoms with Gasteiger partial charge in [0.25, 0.3) is 0 Å². The van der Waals surface area contributed by atoms with Gasteiger partial charge in [0, 0.05) is 28.2 Å². The number of fused-ring (bicyclic) bond motifs is 1. The number of para-hydroxylation sites is 2. The van der Waals surface area contributed by atoms with Gasteiger partial charge in [0.2, 0.25) is 0 Å². The lowest BCUT2D eigenvalue weighted by Gasteiger charge is -2.07. The van der Waals surface area contributed by atoms with E-state index in [4.69, 9.17) is 9.47 Å². The van der Waals surface area contributed by atoms with E-state index in [1.807, 2.05) is 59.3 Å². The summed E-state index contributed by atoms with van der Waals surface area (Å²) in [5.74, 6) is 0.572. The van der Waals surface area contributed by atoms with Gasteiger partial charge in [0.15, 0.2) is 0 Å². The first-order valence-corrected chi connectivity index (χ1v) is 8.84. The Balaban J connectivity index is 1.74. The number of methoxy groups -OCH3 is 1. The summed E-state index contributed by atoms with van der Waals surface area (Å²) in [7, 11) is 1.65. The number of ether oxygens (including phenoxy) is 2. The molecule has 0 radical (unpaired) electrons. The van der Waals surface area contributed by atoms with Crippen molar-refractivity contribution in [1.82, 2.24) is 9.99 Å². The normalized spacial score (nSPS) is 11.0. The summed E-state index contributed by atoms with van der Waals surface area (Å²) in [5, 5.41) is 5.36. The topological polar surface area (TPSA) is 64.9 Å². The highest BCUT2D eigenvalue weighted by atomic mass is 16.5. The van der Waals surface area contributed by atoms with Crippen LogP contribution >= 0.6 is 0 Å². The Kier molecular flexibility index (Phi) is 6.10. The summed E-state index contributed by atoms with van der Waals surface area (Å²) in [6.07, 6.45) is 3.68. The van der Waals surface area contributed by atoms with Crippen LogP contribution in [0.4, 0.5) is 0 Å². The molecule has 0 aliphatic carbocycles. The Bertz CT molecular complexity index is 947. The minimum atomic E-state index is -0.254. The van der Waals surface area contributed by atoms with Crippen LogP contribution in [0.5, 0.6) is 5.75 Å². The molecule has 6 heteroatoms. The molecule has 1 aromatic heterocycles. The lowest BCUT2D eigenvalue weighted by atomic mass is 10.2. The Morgan fingerprint density at radius 3 is 2.78 bits per heavy atom. The zero-order valence-corrected chi connectivity index (χ0v) is 15.5. The molecule has 0 amide bonds. The minimum absolute atomic E-state index is 0.177. The molecule has 0 spiro atoms. The average molecular weight is 365 g/mol. The number of hydrogen-bond donors (Lipinski definition) is 1. The molecule has 0 unspecified atom stereocenters. The lowest BCUT2D eigenvalue weighted by Crippen LogP contribution is -2.12. The molecule has 6 nitrogen and oxygen atoms in total. The zero-order chi connectivity index (χ0) is 19.1. The highest BCUT2D eigenvalue weighted by molar-refractivity contribution is 5.99.